The van der Waals surface area contributed by atoms with Gasteiger partial charge >= 0.3 is 0 Å². The lowest BCUT2D eigenvalue weighted by Gasteiger charge is -2.46. The summed E-state index contributed by atoms with van der Waals surface area (Å²) >= 11 is 0. The van der Waals surface area contributed by atoms with Gasteiger partial charge in [0, 0.05) is 0 Å². The average molecular weight is 487 g/mol. The van der Waals surface area contributed by atoms with E-state index in [1.54, 1.807) is 0 Å². The molecule has 3 aliphatic heterocycles. The van der Waals surface area contributed by atoms with Gasteiger partial charge in [-0.15, -0.1) is 0 Å². The van der Waals surface area contributed by atoms with Gasteiger partial charge in [0.25, 0.3) is 0 Å². The van der Waals surface area contributed by atoms with Crippen molar-refractivity contribution >= 4 is 0 Å². The van der Waals surface area contributed by atoms with Crippen molar-refractivity contribution in [2.24, 2.45) is 0 Å². The Morgan fingerprint density at radius 3 is 1.45 bits per heavy atom. The van der Waals surface area contributed by atoms with Crippen molar-refractivity contribution in [1.29, 1.82) is 0 Å². The van der Waals surface area contributed by atoms with Crippen molar-refractivity contribution in [3.8, 4) is 0 Å². The van der Waals surface area contributed by atoms with E-state index in [2.05, 4.69) is 0 Å². The molecule has 0 unspecified atom stereocenters. The fourth-order valence-electron chi connectivity index (χ4n) is 3.83. The molecule has 0 aromatic rings. The molecule has 3 saturated heterocycles. The molecule has 193 valence electrons. The predicted molar refractivity (Wildman–Crippen MR) is 99.5 cm³/mol. The zero-order chi connectivity index (χ0) is 24.4. The van der Waals surface area contributed by atoms with Gasteiger partial charge in [0.1, 0.15) is 79.9 Å². The minimum absolute atomic E-state index is 0.654. The molecule has 0 bridgehead atoms. The van der Waals surface area contributed by atoms with Gasteiger partial charge in [-0.05, 0) is 0 Å². The molecule has 3 fully saturated rings. The van der Waals surface area contributed by atoms with Crippen molar-refractivity contribution in [3.05, 3.63) is 6.61 Å². The summed E-state index contributed by atoms with van der Waals surface area (Å²) in [5.74, 6) is 0. The minimum Gasteiger partial charge on any atom is -0.394 e. The van der Waals surface area contributed by atoms with Crippen LogP contribution in [0.3, 0.4) is 0 Å². The molecule has 10 N–H and O–H groups in total. The molecular weight excluding hydrogens is 456 g/mol. The largest absolute Gasteiger partial charge is 0.394 e. The van der Waals surface area contributed by atoms with Crippen LogP contribution < -0.4 is 0 Å². The molecule has 15 nitrogen and oxygen atoms in total. The Hall–Kier alpha value is -0.600. The normalized spacial score (nSPS) is 51.5. The Labute approximate surface area is 187 Å². The number of rotatable bonds is 7. The van der Waals surface area contributed by atoms with Crippen molar-refractivity contribution in [2.75, 3.05) is 19.8 Å². The zero-order valence-corrected chi connectivity index (χ0v) is 17.3. The molecule has 0 saturated carbocycles. The molecule has 15 heteroatoms. The van der Waals surface area contributed by atoms with Crippen LogP contribution in [0.1, 0.15) is 0 Å². The Balaban J connectivity index is 1.77. The second-order valence-electron chi connectivity index (χ2n) is 8.08. The number of hydrogen-bond donors (Lipinski definition) is 10. The molecule has 0 aromatic carbocycles. The number of aliphatic hydroxyl groups is 10. The second kappa shape index (κ2) is 11.4. The fraction of sp³-hybridized carbons (Fsp3) is 0.944. The van der Waals surface area contributed by atoms with E-state index >= 15 is 0 Å². The van der Waals surface area contributed by atoms with Crippen LogP contribution in [0.4, 0.5) is 0 Å². The van der Waals surface area contributed by atoms with Gasteiger partial charge in [-0.25, -0.2) is 0 Å². The SMILES string of the molecule is OC[C@H]1O[C@@H](O[C@H]2[C@H](O)[C@@H](CO)O[CH][C@H]2O[C@H]2O[C@H](CO)[C@@H](O)[C@@H](O)[C@@H]2O)[C@@H](O)[C@H](O)[C@@H]1O. The lowest BCUT2D eigenvalue weighted by atomic mass is 9.97. The summed E-state index contributed by atoms with van der Waals surface area (Å²) in [5, 5.41) is 98.9. The van der Waals surface area contributed by atoms with Crippen LogP contribution in [0.15, 0.2) is 0 Å². The molecule has 3 aliphatic rings. The van der Waals surface area contributed by atoms with Crippen molar-refractivity contribution in [2.45, 2.75) is 85.8 Å². The van der Waals surface area contributed by atoms with Gasteiger partial charge in [0.15, 0.2) is 12.6 Å². The maximum atomic E-state index is 10.6. The highest BCUT2D eigenvalue weighted by Crippen LogP contribution is 2.32. The summed E-state index contributed by atoms with van der Waals surface area (Å²) < 4.78 is 26.9. The molecule has 0 spiro atoms. The Kier molecular flexibility index (Phi) is 9.35. The van der Waals surface area contributed by atoms with E-state index in [9.17, 15) is 51.1 Å². The van der Waals surface area contributed by atoms with E-state index in [-0.39, 0.29) is 0 Å². The van der Waals surface area contributed by atoms with Crippen molar-refractivity contribution in [3.63, 3.8) is 0 Å². The smallest absolute Gasteiger partial charge is 0.187 e. The molecule has 1 radical (unpaired) electrons. The topological polar surface area (TPSA) is 248 Å². The Bertz CT molecular complexity index is 607. The van der Waals surface area contributed by atoms with E-state index in [1.165, 1.54) is 0 Å². The van der Waals surface area contributed by atoms with E-state index in [0.717, 1.165) is 6.61 Å². The first-order chi connectivity index (χ1) is 15.6. The third kappa shape index (κ3) is 5.48. The van der Waals surface area contributed by atoms with Gasteiger partial charge in [-0.2, -0.15) is 0 Å². The van der Waals surface area contributed by atoms with Gasteiger partial charge in [0.2, 0.25) is 0 Å². The summed E-state index contributed by atoms with van der Waals surface area (Å²) in [6.07, 6.45) is -22.0. The van der Waals surface area contributed by atoms with E-state index in [1.807, 2.05) is 0 Å². The van der Waals surface area contributed by atoms with Crippen LogP contribution in [0, 0.1) is 6.61 Å². The third-order valence-corrected chi connectivity index (χ3v) is 5.89. The maximum Gasteiger partial charge on any atom is 0.187 e. The van der Waals surface area contributed by atoms with Crippen LogP contribution in [0.25, 0.3) is 0 Å². The molecule has 0 aliphatic carbocycles. The first-order valence-electron chi connectivity index (χ1n) is 10.3. The molecule has 0 amide bonds. The number of ether oxygens (including phenoxy) is 5. The quantitative estimate of drug-likeness (QED) is 0.160. The average Bonchev–Trinajstić information content (AvgIpc) is 2.81. The van der Waals surface area contributed by atoms with Gasteiger partial charge in [-0.3, -0.25) is 0 Å². The monoisotopic (exact) mass is 487 g/mol. The first-order valence-corrected chi connectivity index (χ1v) is 10.3. The Morgan fingerprint density at radius 2 is 1.00 bits per heavy atom. The van der Waals surface area contributed by atoms with Crippen LogP contribution in [0.5, 0.6) is 0 Å². The highest BCUT2D eigenvalue weighted by atomic mass is 16.7. The summed E-state index contributed by atoms with van der Waals surface area (Å²) in [7, 11) is 0. The summed E-state index contributed by atoms with van der Waals surface area (Å²) in [6.45, 7) is -1.10. The minimum atomic E-state index is -1.81. The predicted octanol–water partition coefficient (Wildman–Crippen LogP) is -6.73. The molecular formula is C18H31O15. The lowest BCUT2D eigenvalue weighted by Crippen LogP contribution is -2.64. The van der Waals surface area contributed by atoms with Crippen LogP contribution >= 0.6 is 0 Å². The van der Waals surface area contributed by atoms with Crippen molar-refractivity contribution in [1.82, 2.24) is 0 Å². The maximum absolute atomic E-state index is 10.6. The van der Waals surface area contributed by atoms with Gasteiger partial charge < -0.3 is 74.7 Å². The summed E-state index contributed by atoms with van der Waals surface area (Å²) in [6, 6.07) is 0. The fourth-order valence-corrected chi connectivity index (χ4v) is 3.83. The Morgan fingerprint density at radius 1 is 0.545 bits per heavy atom. The number of hydrogen-bond acceptors (Lipinski definition) is 15. The molecule has 3 rings (SSSR count). The molecule has 3 heterocycles. The number of aliphatic hydroxyl groups excluding tert-OH is 10. The molecule has 33 heavy (non-hydrogen) atoms. The third-order valence-electron chi connectivity index (χ3n) is 5.89. The second-order valence-corrected chi connectivity index (χ2v) is 8.08. The van der Waals surface area contributed by atoms with Crippen molar-refractivity contribution < 1.29 is 74.7 Å². The zero-order valence-electron chi connectivity index (χ0n) is 17.3. The van der Waals surface area contributed by atoms with Crippen LogP contribution in [0.2, 0.25) is 0 Å². The molecule has 14 atom stereocenters. The van der Waals surface area contributed by atoms with Gasteiger partial charge in [-0.1, -0.05) is 0 Å². The van der Waals surface area contributed by atoms with Crippen LogP contribution in [-0.2, 0) is 23.7 Å². The van der Waals surface area contributed by atoms with E-state index in [0.29, 0.717) is 0 Å². The first kappa shape index (κ1) is 27.0. The summed E-state index contributed by atoms with van der Waals surface area (Å²) in [4.78, 5) is 0. The van der Waals surface area contributed by atoms with Gasteiger partial charge in [0.05, 0.1) is 19.8 Å². The lowest BCUT2D eigenvalue weighted by molar-refractivity contribution is -0.356. The van der Waals surface area contributed by atoms with Crippen LogP contribution in [-0.4, -0.2) is 157 Å². The van der Waals surface area contributed by atoms with E-state index in [4.69, 9.17) is 23.7 Å². The molecule has 0 aromatic heterocycles. The summed E-state index contributed by atoms with van der Waals surface area (Å²) in [5.41, 5.74) is 0. The highest BCUT2D eigenvalue weighted by molar-refractivity contribution is 4.98. The highest BCUT2D eigenvalue weighted by Gasteiger charge is 2.51. The standard InChI is InChI=1S/C18H31O15/c19-1-5-11(24)16(33-18-15(28)13(26)10(23)7(3-21)31-18)8(4-29-5)32-17-14(27)12(25)9(22)6(2-20)30-17/h4-28H,1-3H2/t5-,6-,7-,8-,9-,10-,11-,12-,13-,14+,15+,16-,17-,18+/m1/s1. The van der Waals surface area contributed by atoms with E-state index < -0.39 is 106 Å².